The second kappa shape index (κ2) is 7.84. The molecule has 2 aromatic heterocycles. The summed E-state index contributed by atoms with van der Waals surface area (Å²) in [5.74, 6) is 1.000. The van der Waals surface area contributed by atoms with Gasteiger partial charge >= 0.3 is 0 Å². The number of benzene rings is 1. The van der Waals surface area contributed by atoms with E-state index in [9.17, 15) is 4.79 Å². The predicted octanol–water partition coefficient (Wildman–Crippen LogP) is 4.42. The van der Waals surface area contributed by atoms with E-state index in [-0.39, 0.29) is 17.0 Å². The Morgan fingerprint density at radius 2 is 2.19 bits per heavy atom. The van der Waals surface area contributed by atoms with Crippen molar-refractivity contribution in [3.63, 3.8) is 0 Å². The molecule has 0 saturated carbocycles. The molecule has 26 heavy (non-hydrogen) atoms. The largest absolute Gasteiger partial charge is 0.495 e. The van der Waals surface area contributed by atoms with E-state index in [0.29, 0.717) is 22.2 Å². The summed E-state index contributed by atoms with van der Waals surface area (Å²) >= 11 is 7.23. The molecule has 1 atom stereocenters. The molecule has 1 N–H and O–H groups in total. The summed E-state index contributed by atoms with van der Waals surface area (Å²) in [6.45, 7) is 3.59. The van der Waals surface area contributed by atoms with E-state index in [2.05, 4.69) is 15.5 Å². The Morgan fingerprint density at radius 1 is 1.38 bits per heavy atom. The van der Waals surface area contributed by atoms with Crippen LogP contribution in [0, 0.1) is 6.92 Å². The lowest BCUT2D eigenvalue weighted by Crippen LogP contribution is -2.22. The van der Waals surface area contributed by atoms with E-state index in [1.807, 2.05) is 6.92 Å². The maximum Gasteiger partial charge on any atom is 0.284 e. The molecule has 3 aromatic rings. The van der Waals surface area contributed by atoms with Crippen molar-refractivity contribution < 1.29 is 18.4 Å². The van der Waals surface area contributed by atoms with Crippen molar-refractivity contribution in [2.75, 3.05) is 12.4 Å². The number of rotatable bonds is 6. The molecular weight excluding hydrogens is 378 g/mol. The van der Waals surface area contributed by atoms with Crippen LogP contribution >= 0.6 is 23.4 Å². The molecule has 7 nitrogen and oxygen atoms in total. The number of aromatic nitrogens is 2. The Hall–Kier alpha value is -2.45. The van der Waals surface area contributed by atoms with Crippen LogP contribution in [0.2, 0.25) is 5.02 Å². The van der Waals surface area contributed by atoms with Gasteiger partial charge in [0.05, 0.1) is 24.3 Å². The standard InChI is InChI=1S/C17H16ClN3O4S/c1-9-7-12(14(23-3)8-11(9)18)19-15(22)10(2)26-17-21-20-16(25-17)13-5-4-6-24-13/h4-8,10H,1-3H3,(H,19,22)/t10-/m1/s1. The van der Waals surface area contributed by atoms with Crippen molar-refractivity contribution in [3.8, 4) is 17.4 Å². The molecule has 0 saturated heterocycles. The van der Waals surface area contributed by atoms with E-state index >= 15 is 0 Å². The van der Waals surface area contributed by atoms with Gasteiger partial charge in [-0.05, 0) is 37.6 Å². The molecule has 136 valence electrons. The zero-order valence-electron chi connectivity index (χ0n) is 14.3. The summed E-state index contributed by atoms with van der Waals surface area (Å²) in [5.41, 5.74) is 1.39. The van der Waals surface area contributed by atoms with Crippen LogP contribution in [0.3, 0.4) is 0 Å². The van der Waals surface area contributed by atoms with Crippen molar-refractivity contribution in [1.82, 2.24) is 10.2 Å². The summed E-state index contributed by atoms with van der Waals surface area (Å²) in [4.78, 5) is 12.5. The Morgan fingerprint density at radius 3 is 2.88 bits per heavy atom. The molecule has 0 aliphatic carbocycles. The zero-order valence-corrected chi connectivity index (χ0v) is 15.9. The molecule has 0 bridgehead atoms. The summed E-state index contributed by atoms with van der Waals surface area (Å²) in [5, 5.41) is 11.0. The average Bonchev–Trinajstić information content (AvgIpc) is 3.29. The number of carbonyl (C=O) groups excluding carboxylic acids is 1. The minimum Gasteiger partial charge on any atom is -0.495 e. The van der Waals surface area contributed by atoms with E-state index in [1.54, 1.807) is 31.2 Å². The molecule has 0 aliphatic rings. The summed E-state index contributed by atoms with van der Waals surface area (Å²) in [6, 6.07) is 6.87. The van der Waals surface area contributed by atoms with Gasteiger partial charge in [0.25, 0.3) is 11.1 Å². The highest BCUT2D eigenvalue weighted by atomic mass is 35.5. The lowest BCUT2D eigenvalue weighted by Gasteiger charge is -2.14. The monoisotopic (exact) mass is 393 g/mol. The highest BCUT2D eigenvalue weighted by molar-refractivity contribution is 8.00. The number of furan rings is 1. The lowest BCUT2D eigenvalue weighted by atomic mass is 10.2. The number of ether oxygens (including phenoxy) is 1. The number of nitrogens with one attached hydrogen (secondary N) is 1. The molecule has 3 rings (SSSR count). The number of amides is 1. The van der Waals surface area contributed by atoms with Crippen molar-refractivity contribution in [2.24, 2.45) is 0 Å². The molecule has 1 amide bonds. The van der Waals surface area contributed by atoms with Gasteiger partial charge in [0.1, 0.15) is 5.75 Å². The number of hydrogen-bond acceptors (Lipinski definition) is 7. The van der Waals surface area contributed by atoms with E-state index in [1.165, 1.54) is 13.4 Å². The van der Waals surface area contributed by atoms with Gasteiger partial charge in [-0.25, -0.2) is 0 Å². The highest BCUT2D eigenvalue weighted by Crippen LogP contribution is 2.32. The molecule has 0 aliphatic heterocycles. The van der Waals surface area contributed by atoms with Gasteiger partial charge in [0.15, 0.2) is 5.76 Å². The van der Waals surface area contributed by atoms with Crippen LogP contribution in [0.15, 0.2) is 44.6 Å². The predicted molar refractivity (Wildman–Crippen MR) is 98.7 cm³/mol. The number of thioether (sulfide) groups is 1. The van der Waals surface area contributed by atoms with Crippen LogP contribution in [0.4, 0.5) is 5.69 Å². The Labute approximate surface area is 159 Å². The Bertz CT molecular complexity index is 911. The first-order valence-corrected chi connectivity index (χ1v) is 8.92. The maximum atomic E-state index is 12.5. The zero-order chi connectivity index (χ0) is 18.7. The maximum absolute atomic E-state index is 12.5. The number of carbonyl (C=O) groups is 1. The second-order valence-corrected chi connectivity index (χ2v) is 7.10. The van der Waals surface area contributed by atoms with Crippen molar-refractivity contribution in [2.45, 2.75) is 24.3 Å². The molecule has 1 aromatic carbocycles. The Kier molecular flexibility index (Phi) is 5.53. The third-order valence-corrected chi connectivity index (χ3v) is 4.87. The number of nitrogens with zero attached hydrogens (tertiary/aromatic N) is 2. The van der Waals surface area contributed by atoms with Gasteiger partial charge in [-0.2, -0.15) is 0 Å². The van der Waals surface area contributed by atoms with Crippen LogP contribution < -0.4 is 10.1 Å². The van der Waals surface area contributed by atoms with Crippen molar-refractivity contribution in [1.29, 1.82) is 0 Å². The normalized spacial score (nSPS) is 12.0. The quantitative estimate of drug-likeness (QED) is 0.620. The molecule has 0 spiro atoms. The average molecular weight is 394 g/mol. The minimum atomic E-state index is -0.472. The first kappa shape index (κ1) is 18.3. The first-order valence-electron chi connectivity index (χ1n) is 7.67. The van der Waals surface area contributed by atoms with Crippen LogP contribution in [-0.4, -0.2) is 28.5 Å². The van der Waals surface area contributed by atoms with Gasteiger partial charge in [0, 0.05) is 11.1 Å². The number of halogens is 1. The van der Waals surface area contributed by atoms with Crippen molar-refractivity contribution >= 4 is 35.0 Å². The molecule has 2 heterocycles. The summed E-state index contributed by atoms with van der Waals surface area (Å²) in [7, 11) is 1.52. The molecular formula is C17H16ClN3O4S. The van der Waals surface area contributed by atoms with Crippen LogP contribution in [0.5, 0.6) is 5.75 Å². The third kappa shape index (κ3) is 4.03. The fourth-order valence-corrected chi connectivity index (χ4v) is 2.96. The fraction of sp³-hybridized carbons (Fsp3) is 0.235. The van der Waals surface area contributed by atoms with Gasteiger partial charge in [-0.15, -0.1) is 10.2 Å². The minimum absolute atomic E-state index is 0.229. The topological polar surface area (TPSA) is 90.4 Å². The van der Waals surface area contributed by atoms with E-state index in [4.69, 9.17) is 25.2 Å². The SMILES string of the molecule is COc1cc(Cl)c(C)cc1NC(=O)[C@@H](C)Sc1nnc(-c2ccco2)o1. The van der Waals surface area contributed by atoms with Gasteiger partial charge in [-0.1, -0.05) is 23.4 Å². The molecule has 0 unspecified atom stereocenters. The van der Waals surface area contributed by atoms with E-state index < -0.39 is 5.25 Å². The van der Waals surface area contributed by atoms with Gasteiger partial charge in [0.2, 0.25) is 5.91 Å². The number of hydrogen-bond donors (Lipinski definition) is 1. The van der Waals surface area contributed by atoms with E-state index in [0.717, 1.165) is 17.3 Å². The number of aryl methyl sites for hydroxylation is 1. The smallest absolute Gasteiger partial charge is 0.284 e. The first-order chi connectivity index (χ1) is 12.5. The fourth-order valence-electron chi connectivity index (χ4n) is 2.13. The van der Waals surface area contributed by atoms with Crippen LogP contribution in [0.1, 0.15) is 12.5 Å². The summed E-state index contributed by atoms with van der Waals surface area (Å²) < 4.78 is 16.0. The van der Waals surface area contributed by atoms with Crippen LogP contribution in [-0.2, 0) is 4.79 Å². The molecule has 0 fully saturated rings. The lowest BCUT2D eigenvalue weighted by molar-refractivity contribution is -0.115. The third-order valence-electron chi connectivity index (χ3n) is 3.52. The molecule has 0 radical (unpaired) electrons. The van der Waals surface area contributed by atoms with Gasteiger partial charge in [-0.3, -0.25) is 4.79 Å². The molecule has 9 heteroatoms. The van der Waals surface area contributed by atoms with Crippen LogP contribution in [0.25, 0.3) is 11.7 Å². The summed E-state index contributed by atoms with van der Waals surface area (Å²) in [6.07, 6.45) is 1.52. The van der Waals surface area contributed by atoms with Gasteiger partial charge < -0.3 is 18.9 Å². The highest BCUT2D eigenvalue weighted by Gasteiger charge is 2.21. The number of anilines is 1. The van der Waals surface area contributed by atoms with Crippen molar-refractivity contribution in [3.05, 3.63) is 41.1 Å². The Balaban J connectivity index is 1.68. The number of methoxy groups -OCH3 is 1. The second-order valence-electron chi connectivity index (χ2n) is 5.40.